The second kappa shape index (κ2) is 6.64. The van der Waals surface area contributed by atoms with Crippen molar-refractivity contribution in [1.82, 2.24) is 0 Å². The zero-order valence-corrected chi connectivity index (χ0v) is 14.2. The summed E-state index contributed by atoms with van der Waals surface area (Å²) in [6, 6.07) is 4.52. The van der Waals surface area contributed by atoms with Gasteiger partial charge in [0, 0.05) is 16.0 Å². The van der Waals surface area contributed by atoms with Crippen molar-refractivity contribution in [3.63, 3.8) is 0 Å². The van der Waals surface area contributed by atoms with E-state index in [1.807, 2.05) is 6.21 Å². The van der Waals surface area contributed by atoms with E-state index < -0.39 is 8.32 Å². The molecule has 1 aromatic heterocycles. The van der Waals surface area contributed by atoms with Crippen molar-refractivity contribution < 1.29 is 4.43 Å². The normalized spacial score (nSPS) is 14.6. The standard InChI is InChI=1S/C14H25NOSSi/c1-11(2)14(10-16-18(4,5)6)15-9-13-8-7-12(3)17-13/h7-9,11,14H,10H2,1-6H3/t14-/m0/s1. The Bertz CT molecular complexity index is 393. The lowest BCUT2D eigenvalue weighted by atomic mass is 10.1. The first-order chi connectivity index (χ1) is 8.28. The molecule has 0 saturated carbocycles. The number of hydrogen-bond acceptors (Lipinski definition) is 3. The van der Waals surface area contributed by atoms with Crippen LogP contribution in [0.4, 0.5) is 0 Å². The van der Waals surface area contributed by atoms with E-state index in [4.69, 9.17) is 9.42 Å². The summed E-state index contributed by atoms with van der Waals surface area (Å²) in [5.41, 5.74) is 0. The number of aryl methyl sites for hydroxylation is 1. The van der Waals surface area contributed by atoms with Gasteiger partial charge in [-0.25, -0.2) is 0 Å². The van der Waals surface area contributed by atoms with Crippen molar-refractivity contribution in [2.75, 3.05) is 6.61 Å². The van der Waals surface area contributed by atoms with Crippen LogP contribution < -0.4 is 0 Å². The van der Waals surface area contributed by atoms with Gasteiger partial charge < -0.3 is 4.43 Å². The molecule has 18 heavy (non-hydrogen) atoms. The Morgan fingerprint density at radius 1 is 1.33 bits per heavy atom. The van der Waals surface area contributed by atoms with E-state index in [-0.39, 0.29) is 6.04 Å². The van der Waals surface area contributed by atoms with Crippen LogP contribution in [0.2, 0.25) is 19.6 Å². The van der Waals surface area contributed by atoms with Gasteiger partial charge in [0.25, 0.3) is 0 Å². The maximum Gasteiger partial charge on any atom is 0.183 e. The Hall–Kier alpha value is -0.453. The summed E-state index contributed by atoms with van der Waals surface area (Å²) in [7, 11) is -1.44. The zero-order valence-electron chi connectivity index (χ0n) is 12.4. The van der Waals surface area contributed by atoms with Crippen molar-refractivity contribution in [1.29, 1.82) is 0 Å². The van der Waals surface area contributed by atoms with Crippen molar-refractivity contribution in [3.05, 3.63) is 21.9 Å². The molecule has 0 spiro atoms. The lowest BCUT2D eigenvalue weighted by Gasteiger charge is -2.23. The molecule has 0 N–H and O–H groups in total. The van der Waals surface area contributed by atoms with Crippen molar-refractivity contribution in [2.24, 2.45) is 10.9 Å². The van der Waals surface area contributed by atoms with Crippen LogP contribution in [0.1, 0.15) is 23.6 Å². The monoisotopic (exact) mass is 283 g/mol. The molecule has 0 aliphatic heterocycles. The lowest BCUT2D eigenvalue weighted by Crippen LogP contribution is -2.31. The fraction of sp³-hybridized carbons (Fsp3) is 0.643. The highest BCUT2D eigenvalue weighted by Gasteiger charge is 2.19. The van der Waals surface area contributed by atoms with Crippen LogP contribution in [-0.2, 0) is 4.43 Å². The Morgan fingerprint density at radius 2 is 2.00 bits per heavy atom. The first kappa shape index (κ1) is 15.6. The molecular weight excluding hydrogens is 258 g/mol. The molecule has 0 unspecified atom stereocenters. The molecule has 1 rings (SSSR count). The number of thiophene rings is 1. The molecule has 0 amide bonds. The SMILES string of the molecule is Cc1ccc(C=N[C@@H](CO[Si](C)(C)C)C(C)C)s1. The van der Waals surface area contributed by atoms with Crippen LogP contribution in [0.25, 0.3) is 0 Å². The molecule has 0 saturated heterocycles. The van der Waals surface area contributed by atoms with Crippen LogP contribution in [0.5, 0.6) is 0 Å². The molecule has 0 aliphatic carbocycles. The van der Waals surface area contributed by atoms with E-state index in [1.165, 1.54) is 9.75 Å². The second-order valence-corrected chi connectivity index (χ2v) is 11.8. The lowest BCUT2D eigenvalue weighted by molar-refractivity contribution is 0.255. The average molecular weight is 284 g/mol. The summed E-state index contributed by atoms with van der Waals surface area (Å²) in [6.07, 6.45) is 2.00. The molecule has 0 aromatic carbocycles. The third-order valence-electron chi connectivity index (χ3n) is 2.61. The van der Waals surface area contributed by atoms with Crippen molar-refractivity contribution >= 4 is 25.9 Å². The summed E-state index contributed by atoms with van der Waals surface area (Å²) in [5.74, 6) is 0.513. The third kappa shape index (κ3) is 5.93. The largest absolute Gasteiger partial charge is 0.415 e. The molecule has 102 valence electrons. The summed E-state index contributed by atoms with van der Waals surface area (Å²) in [6.45, 7) is 13.9. The van der Waals surface area contributed by atoms with Gasteiger partial charge in [-0.2, -0.15) is 0 Å². The third-order valence-corrected chi connectivity index (χ3v) is 4.58. The van der Waals surface area contributed by atoms with E-state index in [0.29, 0.717) is 5.92 Å². The maximum absolute atomic E-state index is 5.97. The fourth-order valence-corrected chi connectivity index (χ4v) is 2.86. The summed E-state index contributed by atoms with van der Waals surface area (Å²) >= 11 is 1.78. The molecule has 1 atom stereocenters. The van der Waals surface area contributed by atoms with E-state index in [9.17, 15) is 0 Å². The van der Waals surface area contributed by atoms with Gasteiger partial charge in [-0.3, -0.25) is 4.99 Å². The van der Waals surface area contributed by atoms with Gasteiger partial charge >= 0.3 is 0 Å². The van der Waals surface area contributed by atoms with Gasteiger partial charge in [-0.05, 0) is 44.6 Å². The van der Waals surface area contributed by atoms with Gasteiger partial charge in [0.2, 0.25) is 0 Å². The zero-order chi connectivity index (χ0) is 13.8. The Balaban J connectivity index is 2.60. The number of hydrogen-bond donors (Lipinski definition) is 0. The predicted octanol–water partition coefficient (Wildman–Crippen LogP) is 4.35. The van der Waals surface area contributed by atoms with Crippen molar-refractivity contribution in [3.8, 4) is 0 Å². The smallest absolute Gasteiger partial charge is 0.183 e. The van der Waals surface area contributed by atoms with Crippen LogP contribution in [0.3, 0.4) is 0 Å². The van der Waals surface area contributed by atoms with Gasteiger partial charge in [-0.1, -0.05) is 13.8 Å². The molecule has 1 heterocycles. The summed E-state index contributed by atoms with van der Waals surface area (Å²) in [5, 5.41) is 0. The average Bonchev–Trinajstić information content (AvgIpc) is 2.62. The minimum absolute atomic E-state index is 0.263. The van der Waals surface area contributed by atoms with Crippen LogP contribution >= 0.6 is 11.3 Å². The highest BCUT2D eigenvalue weighted by molar-refractivity contribution is 7.13. The molecule has 0 fully saturated rings. The predicted molar refractivity (Wildman–Crippen MR) is 84.6 cm³/mol. The van der Waals surface area contributed by atoms with Crippen LogP contribution in [0.15, 0.2) is 17.1 Å². The molecule has 0 radical (unpaired) electrons. The van der Waals surface area contributed by atoms with E-state index >= 15 is 0 Å². The fourth-order valence-electron chi connectivity index (χ4n) is 1.44. The summed E-state index contributed by atoms with van der Waals surface area (Å²) in [4.78, 5) is 7.25. The first-order valence-electron chi connectivity index (χ1n) is 6.51. The van der Waals surface area contributed by atoms with E-state index in [0.717, 1.165) is 6.61 Å². The molecular formula is C14H25NOSSi. The molecule has 0 bridgehead atoms. The number of nitrogens with zero attached hydrogens (tertiary/aromatic N) is 1. The number of aliphatic imine (C=N–C) groups is 1. The highest BCUT2D eigenvalue weighted by Crippen LogP contribution is 2.15. The molecule has 4 heteroatoms. The van der Waals surface area contributed by atoms with Gasteiger partial charge in [-0.15, -0.1) is 11.3 Å². The Kier molecular flexibility index (Phi) is 5.75. The van der Waals surface area contributed by atoms with Crippen molar-refractivity contribution in [2.45, 2.75) is 46.5 Å². The minimum Gasteiger partial charge on any atom is -0.415 e. The van der Waals surface area contributed by atoms with E-state index in [2.05, 4.69) is 52.5 Å². The maximum atomic E-state index is 5.97. The minimum atomic E-state index is -1.44. The number of rotatable bonds is 6. The molecule has 0 aliphatic rings. The topological polar surface area (TPSA) is 21.6 Å². The summed E-state index contributed by atoms with van der Waals surface area (Å²) < 4.78 is 5.97. The van der Waals surface area contributed by atoms with Crippen LogP contribution in [-0.4, -0.2) is 27.2 Å². The molecule has 1 aromatic rings. The van der Waals surface area contributed by atoms with Gasteiger partial charge in [0.05, 0.1) is 12.6 Å². The quantitative estimate of drug-likeness (QED) is 0.562. The van der Waals surface area contributed by atoms with Gasteiger partial charge in [0.15, 0.2) is 8.32 Å². The molecule has 2 nitrogen and oxygen atoms in total. The van der Waals surface area contributed by atoms with E-state index in [1.54, 1.807) is 11.3 Å². The highest BCUT2D eigenvalue weighted by atomic mass is 32.1. The van der Waals surface area contributed by atoms with Crippen LogP contribution in [0, 0.1) is 12.8 Å². The Morgan fingerprint density at radius 3 is 2.44 bits per heavy atom. The first-order valence-corrected chi connectivity index (χ1v) is 10.7. The second-order valence-electron chi connectivity index (χ2n) is 5.96. The van der Waals surface area contributed by atoms with Gasteiger partial charge in [0.1, 0.15) is 0 Å². The Labute approximate surface area is 116 Å².